The minimum atomic E-state index is -0.405. The molecule has 1 aromatic carbocycles. The van der Waals surface area contributed by atoms with Gasteiger partial charge in [-0.15, -0.1) is 0 Å². The molecule has 0 spiro atoms. The second-order valence-electron chi connectivity index (χ2n) is 6.93. The van der Waals surface area contributed by atoms with E-state index in [4.69, 9.17) is 0 Å². The number of likely N-dealkylation sites (tertiary alicyclic amines) is 1. The number of nitrogens with zero attached hydrogens (tertiary/aromatic N) is 1. The predicted molar refractivity (Wildman–Crippen MR) is 88.4 cm³/mol. The Kier molecular flexibility index (Phi) is 6.22. The number of benzene rings is 1. The minimum absolute atomic E-state index is 0.405. The molecule has 3 heteroatoms. The molecule has 0 aromatic heterocycles. The molecule has 1 aliphatic heterocycles. The standard InChI is InChI=1S/C18H30N2O/c1-14(2)10-15-4-6-17(7-5-15)18(21)12-19-11-16-8-9-20(3)13-16/h4-7,14,16,18-19,21H,8-13H2,1-3H3. The summed E-state index contributed by atoms with van der Waals surface area (Å²) in [4.78, 5) is 2.37. The first-order valence-electron chi connectivity index (χ1n) is 8.20. The predicted octanol–water partition coefficient (Wildman–Crippen LogP) is 2.46. The number of hydrogen-bond acceptors (Lipinski definition) is 3. The van der Waals surface area contributed by atoms with Crippen LogP contribution in [0.1, 0.15) is 37.5 Å². The molecular weight excluding hydrogens is 260 g/mol. The Morgan fingerprint density at radius 3 is 2.57 bits per heavy atom. The largest absolute Gasteiger partial charge is 0.387 e. The molecule has 2 atom stereocenters. The number of nitrogens with one attached hydrogen (secondary N) is 1. The molecule has 3 nitrogen and oxygen atoms in total. The van der Waals surface area contributed by atoms with Gasteiger partial charge in [0.15, 0.2) is 0 Å². The summed E-state index contributed by atoms with van der Waals surface area (Å²) in [5, 5.41) is 13.7. The fraction of sp³-hybridized carbons (Fsp3) is 0.667. The van der Waals surface area contributed by atoms with Gasteiger partial charge in [0, 0.05) is 13.1 Å². The van der Waals surface area contributed by atoms with Gasteiger partial charge in [0.25, 0.3) is 0 Å². The molecule has 0 amide bonds. The van der Waals surface area contributed by atoms with Crippen LogP contribution < -0.4 is 5.32 Å². The second kappa shape index (κ2) is 7.92. The zero-order chi connectivity index (χ0) is 15.2. The molecule has 1 aromatic rings. The van der Waals surface area contributed by atoms with Crippen LogP contribution in [-0.4, -0.2) is 43.2 Å². The van der Waals surface area contributed by atoms with Gasteiger partial charge in [-0.1, -0.05) is 38.1 Å². The van der Waals surface area contributed by atoms with Gasteiger partial charge in [0.1, 0.15) is 0 Å². The first-order chi connectivity index (χ1) is 10.0. The highest BCUT2D eigenvalue weighted by Gasteiger charge is 2.19. The third-order valence-electron chi connectivity index (χ3n) is 4.27. The van der Waals surface area contributed by atoms with Gasteiger partial charge < -0.3 is 15.3 Å². The van der Waals surface area contributed by atoms with Crippen LogP contribution in [0.2, 0.25) is 0 Å². The van der Waals surface area contributed by atoms with E-state index >= 15 is 0 Å². The zero-order valence-corrected chi connectivity index (χ0v) is 13.7. The van der Waals surface area contributed by atoms with Crippen LogP contribution in [0.3, 0.4) is 0 Å². The Balaban J connectivity index is 1.73. The van der Waals surface area contributed by atoms with Crippen LogP contribution >= 0.6 is 0 Å². The van der Waals surface area contributed by atoms with Crippen molar-refractivity contribution in [1.29, 1.82) is 0 Å². The van der Waals surface area contributed by atoms with Crippen LogP contribution in [0.4, 0.5) is 0 Å². The van der Waals surface area contributed by atoms with Crippen molar-refractivity contribution in [2.45, 2.75) is 32.8 Å². The van der Waals surface area contributed by atoms with Crippen LogP contribution in [0.15, 0.2) is 24.3 Å². The monoisotopic (exact) mass is 290 g/mol. The van der Waals surface area contributed by atoms with Crippen molar-refractivity contribution in [2.24, 2.45) is 11.8 Å². The molecule has 1 aliphatic rings. The van der Waals surface area contributed by atoms with Crippen LogP contribution in [0, 0.1) is 11.8 Å². The number of hydrogen-bond donors (Lipinski definition) is 2. The molecule has 1 saturated heterocycles. The number of aliphatic hydroxyl groups excluding tert-OH is 1. The molecule has 21 heavy (non-hydrogen) atoms. The van der Waals surface area contributed by atoms with Crippen molar-refractivity contribution < 1.29 is 5.11 Å². The van der Waals surface area contributed by atoms with E-state index in [2.05, 4.69) is 55.4 Å². The van der Waals surface area contributed by atoms with Crippen LogP contribution in [0.25, 0.3) is 0 Å². The molecule has 1 fully saturated rings. The van der Waals surface area contributed by atoms with Crippen LogP contribution in [-0.2, 0) is 6.42 Å². The summed E-state index contributed by atoms with van der Waals surface area (Å²) in [6, 6.07) is 8.41. The van der Waals surface area contributed by atoms with E-state index in [1.54, 1.807) is 0 Å². The lowest BCUT2D eigenvalue weighted by Gasteiger charge is -2.16. The van der Waals surface area contributed by atoms with Gasteiger partial charge in [-0.25, -0.2) is 0 Å². The summed E-state index contributed by atoms with van der Waals surface area (Å²) in [5.41, 5.74) is 2.36. The maximum absolute atomic E-state index is 10.2. The Bertz CT molecular complexity index is 416. The lowest BCUT2D eigenvalue weighted by atomic mass is 10.00. The van der Waals surface area contributed by atoms with Gasteiger partial charge in [0.2, 0.25) is 0 Å². The van der Waals surface area contributed by atoms with Gasteiger partial charge in [-0.2, -0.15) is 0 Å². The maximum atomic E-state index is 10.2. The SMILES string of the molecule is CC(C)Cc1ccc(C(O)CNCC2CCN(C)C2)cc1. The summed E-state index contributed by atoms with van der Waals surface area (Å²) >= 11 is 0. The molecule has 2 rings (SSSR count). The molecule has 1 heterocycles. The van der Waals surface area contributed by atoms with E-state index in [9.17, 15) is 5.11 Å². The molecule has 0 aliphatic carbocycles. The van der Waals surface area contributed by atoms with Crippen molar-refractivity contribution in [3.05, 3.63) is 35.4 Å². The van der Waals surface area contributed by atoms with Gasteiger partial charge in [-0.05, 0) is 55.9 Å². The van der Waals surface area contributed by atoms with E-state index in [1.807, 2.05) is 0 Å². The summed E-state index contributed by atoms with van der Waals surface area (Å²) in [5.74, 6) is 1.41. The van der Waals surface area contributed by atoms with Crippen molar-refractivity contribution >= 4 is 0 Å². The molecule has 2 unspecified atom stereocenters. The highest BCUT2D eigenvalue weighted by atomic mass is 16.3. The molecule has 2 N–H and O–H groups in total. The fourth-order valence-electron chi connectivity index (χ4n) is 3.08. The Hall–Kier alpha value is -0.900. The molecule has 0 radical (unpaired) electrons. The third kappa shape index (κ3) is 5.42. The van der Waals surface area contributed by atoms with Crippen molar-refractivity contribution in [2.75, 3.05) is 33.2 Å². The summed E-state index contributed by atoms with van der Waals surface area (Å²) in [6.07, 6.45) is 1.96. The van der Waals surface area contributed by atoms with E-state index < -0.39 is 6.10 Å². The Morgan fingerprint density at radius 1 is 1.29 bits per heavy atom. The second-order valence-corrected chi connectivity index (χ2v) is 6.93. The average Bonchev–Trinajstić information content (AvgIpc) is 2.84. The van der Waals surface area contributed by atoms with E-state index in [1.165, 1.54) is 25.1 Å². The van der Waals surface area contributed by atoms with Gasteiger partial charge in [-0.3, -0.25) is 0 Å². The minimum Gasteiger partial charge on any atom is -0.387 e. The maximum Gasteiger partial charge on any atom is 0.0914 e. The van der Waals surface area contributed by atoms with Crippen molar-refractivity contribution in [3.63, 3.8) is 0 Å². The summed E-state index contributed by atoms with van der Waals surface area (Å²) in [7, 11) is 2.17. The van der Waals surface area contributed by atoms with E-state index in [0.29, 0.717) is 12.5 Å². The Morgan fingerprint density at radius 2 is 2.00 bits per heavy atom. The van der Waals surface area contributed by atoms with Gasteiger partial charge in [0.05, 0.1) is 6.10 Å². The summed E-state index contributed by atoms with van der Waals surface area (Å²) in [6.45, 7) is 8.48. The van der Waals surface area contributed by atoms with E-state index in [-0.39, 0.29) is 0 Å². The number of aliphatic hydroxyl groups is 1. The molecule has 0 bridgehead atoms. The summed E-state index contributed by atoms with van der Waals surface area (Å²) < 4.78 is 0. The normalized spacial score (nSPS) is 21.1. The smallest absolute Gasteiger partial charge is 0.0914 e. The highest BCUT2D eigenvalue weighted by molar-refractivity contribution is 5.24. The number of rotatable bonds is 7. The molecular formula is C18H30N2O. The first kappa shape index (κ1) is 16.5. The van der Waals surface area contributed by atoms with E-state index in [0.717, 1.165) is 24.4 Å². The Labute approximate surface area is 129 Å². The van der Waals surface area contributed by atoms with Crippen molar-refractivity contribution in [3.8, 4) is 0 Å². The van der Waals surface area contributed by atoms with Gasteiger partial charge >= 0.3 is 0 Å². The van der Waals surface area contributed by atoms with Crippen LogP contribution in [0.5, 0.6) is 0 Å². The lowest BCUT2D eigenvalue weighted by Crippen LogP contribution is -2.28. The third-order valence-corrected chi connectivity index (χ3v) is 4.27. The molecule has 0 saturated carbocycles. The first-order valence-corrected chi connectivity index (χ1v) is 8.20. The fourth-order valence-corrected chi connectivity index (χ4v) is 3.08. The quantitative estimate of drug-likeness (QED) is 0.810. The molecule has 118 valence electrons. The topological polar surface area (TPSA) is 35.5 Å². The zero-order valence-electron chi connectivity index (χ0n) is 13.7. The lowest BCUT2D eigenvalue weighted by molar-refractivity contribution is 0.173. The highest BCUT2D eigenvalue weighted by Crippen LogP contribution is 2.16. The van der Waals surface area contributed by atoms with Crippen molar-refractivity contribution in [1.82, 2.24) is 10.2 Å². The average molecular weight is 290 g/mol.